The molecule has 0 aliphatic rings. The van der Waals surface area contributed by atoms with Gasteiger partial charge in [0.15, 0.2) is 11.5 Å². The first-order chi connectivity index (χ1) is 7.74. The summed E-state index contributed by atoms with van der Waals surface area (Å²) >= 11 is 0. The quantitative estimate of drug-likeness (QED) is 0.855. The van der Waals surface area contributed by atoms with Gasteiger partial charge in [0.1, 0.15) is 11.8 Å². The molecule has 0 radical (unpaired) electrons. The largest absolute Gasteiger partial charge is 0.382 e. The molecule has 1 unspecified atom stereocenters. The van der Waals surface area contributed by atoms with Crippen molar-refractivity contribution in [2.45, 2.75) is 39.2 Å². The molecule has 0 bridgehead atoms. The second-order valence-electron chi connectivity index (χ2n) is 4.07. The van der Waals surface area contributed by atoms with E-state index in [9.17, 15) is 0 Å². The fourth-order valence-corrected chi connectivity index (χ4v) is 1.83. The third kappa shape index (κ3) is 1.85. The minimum atomic E-state index is 0.402. The normalized spacial score (nSPS) is 13.1. The summed E-state index contributed by atoms with van der Waals surface area (Å²) in [6, 6.07) is 0.402. The van der Waals surface area contributed by atoms with E-state index in [4.69, 9.17) is 5.73 Å². The summed E-state index contributed by atoms with van der Waals surface area (Å²) in [6.45, 7) is 4.37. The molecule has 2 N–H and O–H groups in total. The number of nitrogen functional groups attached to an aromatic ring is 1. The van der Waals surface area contributed by atoms with Gasteiger partial charge >= 0.3 is 0 Å². The fraction of sp³-hybridized carbons (Fsp3) is 0.545. The van der Waals surface area contributed by atoms with Crippen LogP contribution in [-0.4, -0.2) is 19.5 Å². The number of nitrogens with zero attached hydrogens (tertiary/aromatic N) is 4. The van der Waals surface area contributed by atoms with Gasteiger partial charge in [-0.2, -0.15) is 0 Å². The number of fused-ring (bicyclic) bond motifs is 1. The van der Waals surface area contributed by atoms with Crippen LogP contribution in [0.25, 0.3) is 11.2 Å². The van der Waals surface area contributed by atoms with Crippen molar-refractivity contribution in [3.8, 4) is 0 Å². The summed E-state index contributed by atoms with van der Waals surface area (Å²) < 4.78 is 2.07. The van der Waals surface area contributed by atoms with Gasteiger partial charge in [-0.25, -0.2) is 15.0 Å². The highest BCUT2D eigenvalue weighted by Crippen LogP contribution is 2.21. The lowest BCUT2D eigenvalue weighted by Crippen LogP contribution is -2.05. The van der Waals surface area contributed by atoms with E-state index in [1.165, 1.54) is 19.2 Å². The minimum absolute atomic E-state index is 0.402. The molecule has 0 spiro atoms. The molecule has 1 atom stereocenters. The first kappa shape index (κ1) is 10.9. The van der Waals surface area contributed by atoms with Crippen LogP contribution in [0.1, 0.15) is 39.2 Å². The third-order valence-corrected chi connectivity index (χ3v) is 2.84. The maximum atomic E-state index is 5.74. The molecule has 0 fully saturated rings. The number of hydrogen-bond donors (Lipinski definition) is 1. The van der Waals surface area contributed by atoms with Gasteiger partial charge in [0.05, 0.1) is 6.33 Å². The van der Waals surface area contributed by atoms with Crippen LogP contribution in [0.2, 0.25) is 0 Å². The number of rotatable bonds is 4. The van der Waals surface area contributed by atoms with Gasteiger partial charge in [-0.3, -0.25) is 0 Å². The monoisotopic (exact) mass is 219 g/mol. The number of imidazole rings is 1. The van der Waals surface area contributed by atoms with E-state index in [1.807, 2.05) is 0 Å². The second-order valence-corrected chi connectivity index (χ2v) is 4.07. The summed E-state index contributed by atoms with van der Waals surface area (Å²) in [4.78, 5) is 12.4. The summed E-state index contributed by atoms with van der Waals surface area (Å²) in [5.41, 5.74) is 7.27. The molecule has 5 heteroatoms. The van der Waals surface area contributed by atoms with E-state index in [0.29, 0.717) is 17.4 Å². The highest BCUT2D eigenvalue weighted by atomic mass is 15.1. The predicted octanol–water partition coefficient (Wildman–Crippen LogP) is 2.16. The molecule has 0 saturated heterocycles. The Balaban J connectivity index is 2.34. The summed E-state index contributed by atoms with van der Waals surface area (Å²) in [7, 11) is 0. The lowest BCUT2D eigenvalue weighted by molar-refractivity contribution is 0.493. The van der Waals surface area contributed by atoms with Crippen molar-refractivity contribution < 1.29 is 0 Å². The first-order valence-corrected chi connectivity index (χ1v) is 5.67. The van der Waals surface area contributed by atoms with Gasteiger partial charge in [-0.15, -0.1) is 0 Å². The van der Waals surface area contributed by atoms with Gasteiger partial charge < -0.3 is 10.3 Å². The predicted molar refractivity (Wildman–Crippen MR) is 64.0 cm³/mol. The Kier molecular flexibility index (Phi) is 3.03. The van der Waals surface area contributed by atoms with E-state index in [1.54, 1.807) is 6.33 Å². The summed E-state index contributed by atoms with van der Waals surface area (Å²) in [5, 5.41) is 0. The molecular weight excluding hydrogens is 202 g/mol. The Hall–Kier alpha value is -1.65. The van der Waals surface area contributed by atoms with Gasteiger partial charge in [0, 0.05) is 6.04 Å². The van der Waals surface area contributed by atoms with Crippen LogP contribution in [0.4, 0.5) is 5.82 Å². The lowest BCUT2D eigenvalue weighted by Gasteiger charge is -2.12. The van der Waals surface area contributed by atoms with E-state index >= 15 is 0 Å². The van der Waals surface area contributed by atoms with Gasteiger partial charge in [-0.05, 0) is 13.3 Å². The number of hydrogen-bond acceptors (Lipinski definition) is 4. The number of anilines is 1. The molecule has 2 heterocycles. The topological polar surface area (TPSA) is 69.6 Å². The zero-order valence-corrected chi connectivity index (χ0v) is 9.72. The molecule has 16 heavy (non-hydrogen) atoms. The first-order valence-electron chi connectivity index (χ1n) is 5.67. The van der Waals surface area contributed by atoms with Crippen molar-refractivity contribution in [2.24, 2.45) is 0 Å². The van der Waals surface area contributed by atoms with Crippen LogP contribution in [0.15, 0.2) is 12.7 Å². The average Bonchev–Trinajstić information content (AvgIpc) is 2.71. The van der Waals surface area contributed by atoms with E-state index < -0.39 is 0 Å². The van der Waals surface area contributed by atoms with Crippen LogP contribution in [0.3, 0.4) is 0 Å². The minimum Gasteiger partial charge on any atom is -0.382 e. The molecule has 2 aromatic heterocycles. The van der Waals surface area contributed by atoms with E-state index in [-0.39, 0.29) is 0 Å². The molecule has 0 aromatic carbocycles. The highest BCUT2D eigenvalue weighted by molar-refractivity contribution is 5.81. The number of nitrogens with two attached hydrogens (primary N) is 1. The average molecular weight is 219 g/mol. The zero-order chi connectivity index (χ0) is 11.5. The second kappa shape index (κ2) is 4.47. The maximum Gasteiger partial charge on any atom is 0.165 e. The fourth-order valence-electron chi connectivity index (χ4n) is 1.83. The molecule has 86 valence electrons. The molecule has 0 amide bonds. The Morgan fingerprint density at radius 2 is 2.19 bits per heavy atom. The molecule has 2 aromatic rings. The van der Waals surface area contributed by atoms with Crippen LogP contribution >= 0.6 is 0 Å². The standard InChI is InChI=1S/C11H17N5/c1-3-4-5-8(2)16-7-15-9-10(12)13-6-14-11(9)16/h6-8H,3-5H2,1-2H3,(H2,12,13,14). The lowest BCUT2D eigenvalue weighted by atomic mass is 10.1. The molecule has 2 rings (SSSR count). The van der Waals surface area contributed by atoms with Crippen molar-refractivity contribution in [2.75, 3.05) is 5.73 Å². The molecular formula is C11H17N5. The van der Waals surface area contributed by atoms with Crippen LogP contribution in [0, 0.1) is 0 Å². The Morgan fingerprint density at radius 3 is 2.94 bits per heavy atom. The third-order valence-electron chi connectivity index (χ3n) is 2.84. The van der Waals surface area contributed by atoms with Crippen molar-refractivity contribution in [1.82, 2.24) is 19.5 Å². The SMILES string of the molecule is CCCCC(C)n1cnc2c(N)ncnc21. The van der Waals surface area contributed by atoms with Crippen molar-refractivity contribution in [3.05, 3.63) is 12.7 Å². The number of aromatic nitrogens is 4. The number of unbranched alkanes of at least 4 members (excludes halogenated alkanes) is 1. The van der Waals surface area contributed by atoms with Crippen LogP contribution in [-0.2, 0) is 0 Å². The van der Waals surface area contributed by atoms with E-state index in [2.05, 4.69) is 33.4 Å². The Morgan fingerprint density at radius 1 is 1.38 bits per heavy atom. The molecule has 0 saturated carbocycles. The maximum absolute atomic E-state index is 5.74. The van der Waals surface area contributed by atoms with Crippen LogP contribution < -0.4 is 5.73 Å². The van der Waals surface area contributed by atoms with E-state index in [0.717, 1.165) is 12.1 Å². The smallest absolute Gasteiger partial charge is 0.165 e. The highest BCUT2D eigenvalue weighted by Gasteiger charge is 2.11. The molecule has 0 aliphatic heterocycles. The van der Waals surface area contributed by atoms with Gasteiger partial charge in [-0.1, -0.05) is 19.8 Å². The van der Waals surface area contributed by atoms with Crippen LogP contribution in [0.5, 0.6) is 0 Å². The van der Waals surface area contributed by atoms with Crippen molar-refractivity contribution in [1.29, 1.82) is 0 Å². The summed E-state index contributed by atoms with van der Waals surface area (Å²) in [5.74, 6) is 0.450. The zero-order valence-electron chi connectivity index (χ0n) is 9.72. The summed E-state index contributed by atoms with van der Waals surface area (Å²) in [6.07, 6.45) is 6.83. The van der Waals surface area contributed by atoms with Crippen molar-refractivity contribution in [3.63, 3.8) is 0 Å². The van der Waals surface area contributed by atoms with Gasteiger partial charge in [0.2, 0.25) is 0 Å². The van der Waals surface area contributed by atoms with Crippen molar-refractivity contribution >= 4 is 17.0 Å². The molecule has 5 nitrogen and oxygen atoms in total. The Bertz CT molecular complexity index is 476. The molecule has 0 aliphatic carbocycles. The Labute approximate surface area is 94.7 Å². The van der Waals surface area contributed by atoms with Gasteiger partial charge in [0.25, 0.3) is 0 Å².